The highest BCUT2D eigenvalue weighted by molar-refractivity contribution is 7.14. The van der Waals surface area contributed by atoms with Crippen LogP contribution >= 0.6 is 11.3 Å². The van der Waals surface area contributed by atoms with Gasteiger partial charge in [-0.25, -0.2) is 4.99 Å². The number of hydrogen-bond donors (Lipinski definition) is 3. The molecule has 1 aliphatic heterocycles. The Morgan fingerprint density at radius 2 is 2.11 bits per heavy atom. The molecule has 1 saturated heterocycles. The minimum atomic E-state index is 0.156. The van der Waals surface area contributed by atoms with E-state index < -0.39 is 0 Å². The summed E-state index contributed by atoms with van der Waals surface area (Å²) in [6.07, 6.45) is 2.15. The molecule has 0 bridgehead atoms. The van der Waals surface area contributed by atoms with Crippen LogP contribution in [-0.2, 0) is 6.54 Å². The molecule has 146 valence electrons. The van der Waals surface area contributed by atoms with Gasteiger partial charge >= 0.3 is 0 Å². The number of aliphatic imine (C=N–C) groups is 1. The Labute approximate surface area is 164 Å². The summed E-state index contributed by atoms with van der Waals surface area (Å²) in [4.78, 5) is 7.10. The second kappa shape index (κ2) is 9.50. The number of phenolic OH excluding ortho intramolecular Hbond substituents is 1. The Bertz CT molecular complexity index is 740. The number of thiophene rings is 1. The minimum absolute atomic E-state index is 0.156. The number of piperidine rings is 1. The average molecular weight is 389 g/mol. The van der Waals surface area contributed by atoms with E-state index in [-0.39, 0.29) is 5.75 Å². The Morgan fingerprint density at radius 1 is 1.30 bits per heavy atom. The Kier molecular flexibility index (Phi) is 6.81. The van der Waals surface area contributed by atoms with Crippen LogP contribution in [0.3, 0.4) is 0 Å². The molecule has 1 aromatic carbocycles. The van der Waals surface area contributed by atoms with Crippen molar-refractivity contribution in [3.05, 3.63) is 41.3 Å². The zero-order valence-electron chi connectivity index (χ0n) is 15.9. The number of anilines is 1. The molecule has 6 nitrogen and oxygen atoms in total. The van der Waals surface area contributed by atoms with E-state index in [0.29, 0.717) is 18.3 Å². The third-order valence-corrected chi connectivity index (χ3v) is 5.64. The maximum absolute atomic E-state index is 10.2. The molecule has 3 N–H and O–H groups in total. The van der Waals surface area contributed by atoms with Crippen LogP contribution in [0.15, 0.2) is 40.7 Å². The quantitative estimate of drug-likeness (QED) is 0.524. The van der Waals surface area contributed by atoms with E-state index >= 15 is 0 Å². The summed E-state index contributed by atoms with van der Waals surface area (Å²) in [6, 6.07) is 10.2. The predicted molar refractivity (Wildman–Crippen MR) is 112 cm³/mol. The predicted octanol–water partition coefficient (Wildman–Crippen LogP) is 3.19. The Hall–Kier alpha value is -2.41. The molecule has 0 radical (unpaired) electrons. The first-order valence-electron chi connectivity index (χ1n) is 9.39. The zero-order chi connectivity index (χ0) is 19.1. The van der Waals surface area contributed by atoms with Crippen molar-refractivity contribution in [2.24, 2.45) is 4.99 Å². The van der Waals surface area contributed by atoms with Crippen molar-refractivity contribution >= 4 is 22.3 Å². The number of ether oxygens (including phenoxy) is 1. The SMILES string of the molecule is CCNC(=NCc1cccc(OC)c1O)NC1CCN(c2cccs2)CC1. The zero-order valence-corrected chi connectivity index (χ0v) is 16.8. The lowest BCUT2D eigenvalue weighted by Crippen LogP contribution is -2.48. The van der Waals surface area contributed by atoms with Crippen LogP contribution in [0, 0.1) is 0 Å². The standard InChI is InChI=1S/C20H28N4O2S/c1-3-21-20(22-14-15-6-4-7-17(26-2)19(15)25)23-16-9-11-24(12-10-16)18-8-5-13-27-18/h4-8,13,16,25H,3,9-12,14H2,1-2H3,(H2,21,22,23). The Morgan fingerprint density at radius 3 is 2.78 bits per heavy atom. The summed E-state index contributed by atoms with van der Waals surface area (Å²) in [5, 5.41) is 20.6. The van der Waals surface area contributed by atoms with Crippen LogP contribution in [0.25, 0.3) is 0 Å². The lowest BCUT2D eigenvalue weighted by atomic mass is 10.1. The van der Waals surface area contributed by atoms with Gasteiger partial charge in [0.25, 0.3) is 0 Å². The summed E-state index contributed by atoms with van der Waals surface area (Å²) in [7, 11) is 1.55. The molecule has 27 heavy (non-hydrogen) atoms. The number of phenols is 1. The van der Waals surface area contributed by atoms with Crippen LogP contribution in [0.5, 0.6) is 11.5 Å². The molecule has 0 atom stereocenters. The molecule has 0 unspecified atom stereocenters. The van der Waals surface area contributed by atoms with Gasteiger partial charge in [-0.3, -0.25) is 0 Å². The maximum Gasteiger partial charge on any atom is 0.191 e. The van der Waals surface area contributed by atoms with Crippen LogP contribution in [-0.4, -0.2) is 43.9 Å². The van der Waals surface area contributed by atoms with E-state index in [0.717, 1.165) is 44.0 Å². The number of hydrogen-bond acceptors (Lipinski definition) is 5. The first-order chi connectivity index (χ1) is 13.2. The molecule has 0 saturated carbocycles. The summed E-state index contributed by atoms with van der Waals surface area (Å²) in [6.45, 7) is 5.35. The van der Waals surface area contributed by atoms with E-state index in [4.69, 9.17) is 4.74 Å². The number of nitrogens with zero attached hydrogens (tertiary/aromatic N) is 2. The van der Waals surface area contributed by atoms with E-state index in [1.54, 1.807) is 24.5 Å². The molecule has 0 amide bonds. The maximum atomic E-state index is 10.2. The normalized spacial score (nSPS) is 15.6. The summed E-state index contributed by atoms with van der Waals surface area (Å²) < 4.78 is 5.17. The Balaban J connectivity index is 1.58. The molecule has 1 aromatic heterocycles. The van der Waals surface area contributed by atoms with Gasteiger partial charge in [-0.05, 0) is 43.3 Å². The molecule has 0 aliphatic carbocycles. The second-order valence-corrected chi connectivity index (χ2v) is 7.45. The first kappa shape index (κ1) is 19.4. The molecule has 2 aromatic rings. The van der Waals surface area contributed by atoms with Crippen molar-refractivity contribution in [1.29, 1.82) is 0 Å². The van der Waals surface area contributed by atoms with Gasteiger partial charge in [-0.15, -0.1) is 11.3 Å². The van der Waals surface area contributed by atoms with Gasteiger partial charge in [0, 0.05) is 31.2 Å². The van der Waals surface area contributed by atoms with E-state index in [9.17, 15) is 5.11 Å². The van der Waals surface area contributed by atoms with Crippen LogP contribution < -0.4 is 20.3 Å². The van der Waals surface area contributed by atoms with Crippen LogP contribution in [0.4, 0.5) is 5.00 Å². The van der Waals surface area contributed by atoms with Crippen molar-refractivity contribution in [2.45, 2.75) is 32.4 Å². The minimum Gasteiger partial charge on any atom is -0.504 e. The molecule has 3 rings (SSSR count). The first-order valence-corrected chi connectivity index (χ1v) is 10.3. The molecule has 1 aliphatic rings. The fourth-order valence-corrected chi connectivity index (χ4v) is 4.02. The summed E-state index contributed by atoms with van der Waals surface area (Å²) >= 11 is 1.80. The molecular formula is C20H28N4O2S. The lowest BCUT2D eigenvalue weighted by molar-refractivity contribution is 0.370. The fourth-order valence-electron chi connectivity index (χ4n) is 3.23. The average Bonchev–Trinajstić information content (AvgIpc) is 3.22. The van der Waals surface area contributed by atoms with Crippen LogP contribution in [0.1, 0.15) is 25.3 Å². The number of methoxy groups -OCH3 is 1. The molecule has 1 fully saturated rings. The summed E-state index contributed by atoms with van der Waals surface area (Å²) in [5.41, 5.74) is 0.749. The topological polar surface area (TPSA) is 69.1 Å². The second-order valence-electron chi connectivity index (χ2n) is 6.52. The van der Waals surface area contributed by atoms with Crippen molar-refractivity contribution in [3.8, 4) is 11.5 Å². The number of aromatic hydroxyl groups is 1. The van der Waals surface area contributed by atoms with Crippen LogP contribution in [0.2, 0.25) is 0 Å². The van der Waals surface area contributed by atoms with Crippen molar-refractivity contribution in [2.75, 3.05) is 31.6 Å². The van der Waals surface area contributed by atoms with Gasteiger partial charge in [0.1, 0.15) is 0 Å². The largest absolute Gasteiger partial charge is 0.504 e. The van der Waals surface area contributed by atoms with E-state index in [1.807, 2.05) is 12.1 Å². The smallest absolute Gasteiger partial charge is 0.191 e. The van der Waals surface area contributed by atoms with Gasteiger partial charge in [0.05, 0.1) is 18.7 Å². The molecule has 0 spiro atoms. The highest BCUT2D eigenvalue weighted by Gasteiger charge is 2.20. The fraction of sp³-hybridized carbons (Fsp3) is 0.450. The number of rotatable bonds is 6. The number of guanidine groups is 1. The highest BCUT2D eigenvalue weighted by Crippen LogP contribution is 2.29. The van der Waals surface area contributed by atoms with Crippen molar-refractivity contribution < 1.29 is 9.84 Å². The number of nitrogens with one attached hydrogen (secondary N) is 2. The van der Waals surface area contributed by atoms with E-state index in [2.05, 4.69) is 45.0 Å². The number of para-hydroxylation sites is 1. The van der Waals surface area contributed by atoms with Gasteiger partial charge in [-0.1, -0.05) is 12.1 Å². The van der Waals surface area contributed by atoms with E-state index in [1.165, 1.54) is 5.00 Å². The van der Waals surface area contributed by atoms with Crippen molar-refractivity contribution in [1.82, 2.24) is 10.6 Å². The molecule has 7 heteroatoms. The van der Waals surface area contributed by atoms with Crippen molar-refractivity contribution in [3.63, 3.8) is 0 Å². The van der Waals surface area contributed by atoms with Gasteiger partial charge in [0.15, 0.2) is 17.5 Å². The van der Waals surface area contributed by atoms with Gasteiger partial charge in [-0.2, -0.15) is 0 Å². The number of benzene rings is 1. The summed E-state index contributed by atoms with van der Waals surface area (Å²) in [5.74, 6) is 1.42. The van der Waals surface area contributed by atoms with Gasteiger partial charge in [0.2, 0.25) is 0 Å². The monoisotopic (exact) mass is 388 g/mol. The molecule has 2 heterocycles. The van der Waals surface area contributed by atoms with Gasteiger partial charge < -0.3 is 25.4 Å². The third-order valence-electron chi connectivity index (χ3n) is 4.71. The lowest BCUT2D eigenvalue weighted by Gasteiger charge is -2.33. The highest BCUT2D eigenvalue weighted by atomic mass is 32.1. The third kappa shape index (κ3) is 5.07. The molecular weight excluding hydrogens is 360 g/mol.